The van der Waals surface area contributed by atoms with Crippen molar-refractivity contribution in [1.82, 2.24) is 4.90 Å². The fourth-order valence-corrected chi connectivity index (χ4v) is 3.07. The van der Waals surface area contributed by atoms with Gasteiger partial charge in [0.1, 0.15) is 5.75 Å². The van der Waals surface area contributed by atoms with Gasteiger partial charge in [-0.25, -0.2) is 0 Å². The molecule has 1 heterocycles. The molecule has 0 aromatic heterocycles. The van der Waals surface area contributed by atoms with Crippen LogP contribution in [0.15, 0.2) is 24.3 Å². The number of methoxy groups -OCH3 is 2. The van der Waals surface area contributed by atoms with Crippen molar-refractivity contribution < 1.29 is 9.47 Å². The maximum atomic E-state index is 6.46. The zero-order chi connectivity index (χ0) is 15.4. The van der Waals surface area contributed by atoms with E-state index in [0.717, 1.165) is 30.8 Å². The van der Waals surface area contributed by atoms with Gasteiger partial charge >= 0.3 is 0 Å². The van der Waals surface area contributed by atoms with Crippen LogP contribution in [0.3, 0.4) is 0 Å². The Bertz CT molecular complexity index is 435. The van der Waals surface area contributed by atoms with Crippen LogP contribution < -0.4 is 10.5 Å². The van der Waals surface area contributed by atoms with Crippen molar-refractivity contribution in [2.24, 2.45) is 11.7 Å². The van der Waals surface area contributed by atoms with Gasteiger partial charge in [-0.15, -0.1) is 0 Å². The summed E-state index contributed by atoms with van der Waals surface area (Å²) in [5.41, 5.74) is 7.61. The van der Waals surface area contributed by atoms with Gasteiger partial charge in [0.05, 0.1) is 13.2 Å². The Hall–Kier alpha value is -1.10. The average molecular weight is 292 g/mol. The van der Waals surface area contributed by atoms with Crippen molar-refractivity contribution >= 4 is 0 Å². The fraction of sp³-hybridized carbons (Fsp3) is 0.647. The molecule has 21 heavy (non-hydrogen) atoms. The molecule has 1 aromatic carbocycles. The van der Waals surface area contributed by atoms with Crippen LogP contribution in [0.5, 0.6) is 5.75 Å². The minimum absolute atomic E-state index is 0.00168. The van der Waals surface area contributed by atoms with Crippen molar-refractivity contribution in [3.63, 3.8) is 0 Å². The Morgan fingerprint density at radius 2 is 1.90 bits per heavy atom. The lowest BCUT2D eigenvalue weighted by Gasteiger charge is -2.41. The standard InChI is InChI=1S/C17H28N2O2/c1-12-9-10-19(11-16(12)21-4)13(2)17(18)14-5-7-15(20-3)8-6-14/h5-8,12-13,16-17H,9-11,18H2,1-4H3. The lowest BCUT2D eigenvalue weighted by atomic mass is 9.92. The molecule has 4 nitrogen and oxygen atoms in total. The highest BCUT2D eigenvalue weighted by Crippen LogP contribution is 2.26. The number of rotatable bonds is 5. The maximum Gasteiger partial charge on any atom is 0.118 e. The third-order valence-corrected chi connectivity index (χ3v) is 4.82. The summed E-state index contributed by atoms with van der Waals surface area (Å²) in [5, 5.41) is 0. The third kappa shape index (κ3) is 3.76. The highest BCUT2D eigenvalue weighted by atomic mass is 16.5. The smallest absolute Gasteiger partial charge is 0.118 e. The van der Waals surface area contributed by atoms with Crippen LogP contribution in [-0.2, 0) is 4.74 Å². The Labute approximate surface area is 128 Å². The van der Waals surface area contributed by atoms with Gasteiger partial charge in [0.25, 0.3) is 0 Å². The number of hydrogen-bond donors (Lipinski definition) is 1. The second-order valence-electron chi connectivity index (χ2n) is 6.07. The van der Waals surface area contributed by atoms with E-state index in [1.54, 1.807) is 14.2 Å². The van der Waals surface area contributed by atoms with E-state index in [9.17, 15) is 0 Å². The molecular formula is C17H28N2O2. The van der Waals surface area contributed by atoms with E-state index in [4.69, 9.17) is 15.2 Å². The van der Waals surface area contributed by atoms with Gasteiger partial charge in [-0.1, -0.05) is 19.1 Å². The van der Waals surface area contributed by atoms with E-state index in [1.165, 1.54) is 0 Å². The van der Waals surface area contributed by atoms with E-state index in [0.29, 0.717) is 18.1 Å². The summed E-state index contributed by atoms with van der Waals surface area (Å²) in [5.74, 6) is 1.49. The normalized spacial score (nSPS) is 26.3. The largest absolute Gasteiger partial charge is 0.497 e. The van der Waals surface area contributed by atoms with Crippen LogP contribution in [0, 0.1) is 5.92 Å². The van der Waals surface area contributed by atoms with Gasteiger partial charge in [0.15, 0.2) is 0 Å². The monoisotopic (exact) mass is 292 g/mol. The first kappa shape index (κ1) is 16.3. The maximum absolute atomic E-state index is 6.46. The van der Waals surface area contributed by atoms with E-state index in [1.807, 2.05) is 12.1 Å². The number of likely N-dealkylation sites (tertiary alicyclic amines) is 1. The van der Waals surface area contributed by atoms with E-state index < -0.39 is 0 Å². The molecule has 1 aliphatic heterocycles. The van der Waals surface area contributed by atoms with Crippen LogP contribution in [0.1, 0.15) is 31.9 Å². The number of nitrogens with zero attached hydrogens (tertiary/aromatic N) is 1. The van der Waals surface area contributed by atoms with Gasteiger partial charge in [-0.05, 0) is 43.5 Å². The Morgan fingerprint density at radius 3 is 2.48 bits per heavy atom. The van der Waals surface area contributed by atoms with Crippen molar-refractivity contribution in [2.45, 2.75) is 38.5 Å². The molecule has 1 aliphatic rings. The van der Waals surface area contributed by atoms with Crippen molar-refractivity contribution in [3.05, 3.63) is 29.8 Å². The summed E-state index contributed by atoms with van der Waals surface area (Å²) in [6, 6.07) is 8.35. The van der Waals surface area contributed by atoms with Gasteiger partial charge < -0.3 is 15.2 Å². The molecule has 0 radical (unpaired) electrons. The summed E-state index contributed by atoms with van der Waals surface area (Å²) in [7, 11) is 3.48. The van der Waals surface area contributed by atoms with Gasteiger partial charge in [0.2, 0.25) is 0 Å². The molecule has 0 saturated carbocycles. The number of hydrogen-bond acceptors (Lipinski definition) is 4. The molecule has 0 aliphatic carbocycles. The summed E-state index contributed by atoms with van der Waals surface area (Å²) in [4.78, 5) is 2.45. The highest BCUT2D eigenvalue weighted by Gasteiger charge is 2.31. The Morgan fingerprint density at radius 1 is 1.24 bits per heavy atom. The Balaban J connectivity index is 2.02. The number of nitrogens with two attached hydrogens (primary N) is 1. The molecule has 0 bridgehead atoms. The lowest BCUT2D eigenvalue weighted by Crippen LogP contribution is -2.50. The SMILES string of the molecule is COc1ccc(C(N)C(C)N2CCC(C)C(OC)C2)cc1. The van der Waals surface area contributed by atoms with E-state index in [2.05, 4.69) is 30.9 Å². The van der Waals surface area contributed by atoms with Crippen LogP contribution in [0.4, 0.5) is 0 Å². The lowest BCUT2D eigenvalue weighted by molar-refractivity contribution is -0.0200. The summed E-state index contributed by atoms with van der Waals surface area (Å²) in [6.07, 6.45) is 1.47. The first-order valence-corrected chi connectivity index (χ1v) is 7.73. The van der Waals surface area contributed by atoms with Gasteiger partial charge in [0, 0.05) is 25.7 Å². The van der Waals surface area contributed by atoms with Crippen LogP contribution >= 0.6 is 0 Å². The van der Waals surface area contributed by atoms with Crippen LogP contribution in [0.25, 0.3) is 0 Å². The van der Waals surface area contributed by atoms with E-state index >= 15 is 0 Å². The molecule has 2 N–H and O–H groups in total. The second kappa shape index (κ2) is 7.25. The Kier molecular flexibility index (Phi) is 5.62. The number of piperidine rings is 1. The topological polar surface area (TPSA) is 47.7 Å². The summed E-state index contributed by atoms with van der Waals surface area (Å²) < 4.78 is 10.8. The zero-order valence-corrected chi connectivity index (χ0v) is 13.6. The second-order valence-corrected chi connectivity index (χ2v) is 6.07. The van der Waals surface area contributed by atoms with Crippen molar-refractivity contribution in [2.75, 3.05) is 27.3 Å². The number of benzene rings is 1. The van der Waals surface area contributed by atoms with E-state index in [-0.39, 0.29) is 6.04 Å². The third-order valence-electron chi connectivity index (χ3n) is 4.82. The minimum Gasteiger partial charge on any atom is -0.497 e. The summed E-state index contributed by atoms with van der Waals surface area (Å²) in [6.45, 7) is 6.52. The van der Waals surface area contributed by atoms with Gasteiger partial charge in [-0.2, -0.15) is 0 Å². The first-order chi connectivity index (χ1) is 10.1. The minimum atomic E-state index is 0.00168. The van der Waals surface area contributed by atoms with Crippen molar-refractivity contribution in [1.29, 1.82) is 0 Å². The predicted molar refractivity (Wildman–Crippen MR) is 85.5 cm³/mol. The predicted octanol–water partition coefficient (Wildman–Crippen LogP) is 2.44. The van der Waals surface area contributed by atoms with Crippen molar-refractivity contribution in [3.8, 4) is 5.75 Å². The zero-order valence-electron chi connectivity index (χ0n) is 13.6. The average Bonchev–Trinajstić information content (AvgIpc) is 2.54. The fourth-order valence-electron chi connectivity index (χ4n) is 3.07. The molecule has 1 saturated heterocycles. The highest BCUT2D eigenvalue weighted by molar-refractivity contribution is 5.29. The molecule has 2 rings (SSSR count). The molecule has 1 fully saturated rings. The number of ether oxygens (including phenoxy) is 2. The molecule has 0 amide bonds. The molecule has 0 spiro atoms. The molecule has 4 unspecified atom stereocenters. The molecule has 1 aromatic rings. The van der Waals surface area contributed by atoms with Gasteiger partial charge in [-0.3, -0.25) is 4.90 Å². The molecule has 4 atom stereocenters. The molecular weight excluding hydrogens is 264 g/mol. The summed E-state index contributed by atoms with van der Waals surface area (Å²) >= 11 is 0. The molecule has 118 valence electrons. The van der Waals surface area contributed by atoms with Crippen LogP contribution in [-0.4, -0.2) is 44.4 Å². The van der Waals surface area contributed by atoms with Crippen LogP contribution in [0.2, 0.25) is 0 Å². The quantitative estimate of drug-likeness (QED) is 0.905. The molecule has 4 heteroatoms. The first-order valence-electron chi connectivity index (χ1n) is 7.73.